The second-order valence-corrected chi connectivity index (χ2v) is 7.36. The van der Waals surface area contributed by atoms with Crippen molar-refractivity contribution in [1.29, 1.82) is 0 Å². The first-order valence-corrected chi connectivity index (χ1v) is 8.90. The van der Waals surface area contributed by atoms with Crippen molar-refractivity contribution in [2.24, 2.45) is 5.92 Å². The summed E-state index contributed by atoms with van der Waals surface area (Å²) in [5.41, 5.74) is 1.11. The number of rotatable bonds is 4. The van der Waals surface area contributed by atoms with E-state index in [4.69, 9.17) is 0 Å². The fourth-order valence-electron chi connectivity index (χ4n) is 3.02. The fraction of sp³-hybridized carbons (Fsp3) is 0.529. The summed E-state index contributed by atoms with van der Waals surface area (Å²) in [5, 5.41) is 20.3. The highest BCUT2D eigenvalue weighted by Gasteiger charge is 2.27. The maximum atomic E-state index is 9.62. The molecular weight excluding hydrogens is 308 g/mol. The lowest BCUT2D eigenvalue weighted by Gasteiger charge is -2.28. The minimum Gasteiger partial charge on any atom is -0.396 e. The zero-order valence-corrected chi connectivity index (χ0v) is 14.5. The van der Waals surface area contributed by atoms with Gasteiger partial charge in [0.05, 0.1) is 0 Å². The summed E-state index contributed by atoms with van der Waals surface area (Å²) in [6.45, 7) is 2.03. The predicted octanol–water partition coefficient (Wildman–Crippen LogP) is 2.34. The van der Waals surface area contributed by atoms with Gasteiger partial charge in [-0.2, -0.15) is 0 Å². The lowest BCUT2D eigenvalue weighted by Crippen LogP contribution is -2.39. The third-order valence-electron chi connectivity index (χ3n) is 4.51. The predicted molar refractivity (Wildman–Crippen MR) is 94.8 cm³/mol. The molecule has 1 aromatic heterocycles. The Morgan fingerprint density at radius 2 is 1.96 bits per heavy atom. The quantitative estimate of drug-likeness (QED) is 0.931. The molecule has 2 aromatic rings. The lowest BCUT2D eigenvalue weighted by atomic mass is 10.0. The van der Waals surface area contributed by atoms with E-state index < -0.39 is 0 Å². The highest BCUT2D eigenvalue weighted by molar-refractivity contribution is 7.18. The Morgan fingerprint density at radius 3 is 2.65 bits per heavy atom. The second kappa shape index (κ2) is 7.38. The van der Waals surface area contributed by atoms with Crippen LogP contribution in [0.25, 0.3) is 10.6 Å². The van der Waals surface area contributed by atoms with Gasteiger partial charge in [-0.05, 0) is 32.9 Å². The molecule has 2 atom stereocenters. The molecule has 1 aliphatic heterocycles. The van der Waals surface area contributed by atoms with Crippen molar-refractivity contribution in [3.8, 4) is 10.6 Å². The van der Waals surface area contributed by atoms with Crippen LogP contribution in [-0.2, 0) is 0 Å². The van der Waals surface area contributed by atoms with Gasteiger partial charge in [-0.3, -0.25) is 0 Å². The maximum Gasteiger partial charge on any atom is 0.208 e. The molecule has 1 aliphatic rings. The molecular formula is C17H24N4OS. The monoisotopic (exact) mass is 332 g/mol. The number of hydrogen-bond acceptors (Lipinski definition) is 6. The molecule has 3 rings (SSSR count). The summed E-state index contributed by atoms with van der Waals surface area (Å²) in [5.74, 6) is 0.309. The Morgan fingerprint density at radius 1 is 1.17 bits per heavy atom. The average molecular weight is 332 g/mol. The molecule has 124 valence electrons. The van der Waals surface area contributed by atoms with Crippen LogP contribution >= 0.6 is 11.3 Å². The number of benzene rings is 1. The number of likely N-dealkylation sites (N-methyl/N-ethyl adjacent to an activating group) is 1. The first kappa shape index (κ1) is 16.4. The molecule has 1 N–H and O–H groups in total. The highest BCUT2D eigenvalue weighted by atomic mass is 32.1. The summed E-state index contributed by atoms with van der Waals surface area (Å²) < 4.78 is 0. The van der Waals surface area contributed by atoms with Crippen molar-refractivity contribution >= 4 is 16.5 Å². The normalized spacial score (nSPS) is 22.3. The highest BCUT2D eigenvalue weighted by Crippen LogP contribution is 2.31. The Kier molecular flexibility index (Phi) is 5.25. The Labute approximate surface area is 141 Å². The van der Waals surface area contributed by atoms with Crippen molar-refractivity contribution in [2.75, 3.05) is 38.7 Å². The number of aromatic nitrogens is 2. The molecule has 1 fully saturated rings. The van der Waals surface area contributed by atoms with E-state index in [-0.39, 0.29) is 6.61 Å². The van der Waals surface area contributed by atoms with Gasteiger partial charge in [-0.1, -0.05) is 41.7 Å². The van der Waals surface area contributed by atoms with E-state index in [1.165, 1.54) is 0 Å². The van der Waals surface area contributed by atoms with E-state index in [0.717, 1.165) is 41.6 Å². The number of hydrogen-bond donors (Lipinski definition) is 1. The smallest absolute Gasteiger partial charge is 0.208 e. The van der Waals surface area contributed by atoms with Gasteiger partial charge in [0.1, 0.15) is 5.01 Å². The van der Waals surface area contributed by atoms with Crippen molar-refractivity contribution in [1.82, 2.24) is 15.1 Å². The molecule has 0 radical (unpaired) electrons. The minimum atomic E-state index is 0.237. The third-order valence-corrected chi connectivity index (χ3v) is 5.55. The largest absolute Gasteiger partial charge is 0.396 e. The molecule has 0 aliphatic carbocycles. The SMILES string of the molecule is CN(C)[C@@H]1CC[C@H](CO)CN(c2nnc(-c3ccccc3)s2)C1. The molecule has 1 saturated heterocycles. The van der Waals surface area contributed by atoms with Crippen molar-refractivity contribution in [2.45, 2.75) is 18.9 Å². The maximum absolute atomic E-state index is 9.62. The Hall–Kier alpha value is -1.50. The Bertz CT molecular complexity index is 616. The van der Waals surface area contributed by atoms with Gasteiger partial charge in [-0.15, -0.1) is 10.2 Å². The summed E-state index contributed by atoms with van der Waals surface area (Å²) >= 11 is 1.63. The minimum absolute atomic E-state index is 0.237. The average Bonchev–Trinajstić information content (AvgIpc) is 2.96. The molecule has 0 spiro atoms. The van der Waals surface area contributed by atoms with Crippen LogP contribution in [0.4, 0.5) is 5.13 Å². The summed E-state index contributed by atoms with van der Waals surface area (Å²) in [6, 6.07) is 10.7. The second-order valence-electron chi connectivity index (χ2n) is 6.40. The van der Waals surface area contributed by atoms with Crippen LogP contribution in [0, 0.1) is 5.92 Å². The van der Waals surface area contributed by atoms with Crippen LogP contribution in [0.5, 0.6) is 0 Å². The molecule has 0 bridgehead atoms. The van der Waals surface area contributed by atoms with E-state index in [1.54, 1.807) is 11.3 Å². The zero-order valence-electron chi connectivity index (χ0n) is 13.7. The standard InChI is InChI=1S/C17H24N4OS/c1-20(2)15-9-8-13(12-22)10-21(11-15)17-19-18-16(23-17)14-6-4-3-5-7-14/h3-7,13,15,22H,8-12H2,1-2H3/t13-,15+/m0/s1. The first-order valence-electron chi connectivity index (χ1n) is 8.08. The molecule has 5 nitrogen and oxygen atoms in total. The third kappa shape index (κ3) is 3.88. The Balaban J connectivity index is 1.82. The van der Waals surface area contributed by atoms with Gasteiger partial charge in [0.25, 0.3) is 0 Å². The van der Waals surface area contributed by atoms with Crippen LogP contribution in [0.3, 0.4) is 0 Å². The van der Waals surface area contributed by atoms with Gasteiger partial charge in [0, 0.05) is 31.3 Å². The fourth-order valence-corrected chi connectivity index (χ4v) is 3.89. The van der Waals surface area contributed by atoms with Gasteiger partial charge >= 0.3 is 0 Å². The number of aliphatic hydroxyl groups excluding tert-OH is 1. The van der Waals surface area contributed by atoms with Crippen LogP contribution in [0.15, 0.2) is 30.3 Å². The molecule has 0 unspecified atom stereocenters. The number of anilines is 1. The van der Waals surface area contributed by atoms with Crippen LogP contribution in [-0.4, -0.2) is 60.0 Å². The van der Waals surface area contributed by atoms with Gasteiger partial charge in [-0.25, -0.2) is 0 Å². The summed E-state index contributed by atoms with van der Waals surface area (Å²) in [4.78, 5) is 4.56. The van der Waals surface area contributed by atoms with Crippen LogP contribution in [0.1, 0.15) is 12.8 Å². The van der Waals surface area contributed by atoms with E-state index in [0.29, 0.717) is 12.0 Å². The topological polar surface area (TPSA) is 52.5 Å². The van der Waals surface area contributed by atoms with Crippen molar-refractivity contribution in [3.05, 3.63) is 30.3 Å². The molecule has 0 amide bonds. The number of nitrogens with zero attached hydrogens (tertiary/aromatic N) is 4. The van der Waals surface area contributed by atoms with E-state index >= 15 is 0 Å². The van der Waals surface area contributed by atoms with E-state index in [1.807, 2.05) is 18.2 Å². The molecule has 23 heavy (non-hydrogen) atoms. The summed E-state index contributed by atoms with van der Waals surface area (Å²) in [6.07, 6.45) is 2.17. The van der Waals surface area contributed by atoms with Crippen molar-refractivity contribution < 1.29 is 5.11 Å². The zero-order chi connectivity index (χ0) is 16.2. The van der Waals surface area contributed by atoms with Gasteiger partial charge in [0.2, 0.25) is 5.13 Å². The van der Waals surface area contributed by atoms with Gasteiger partial charge in [0.15, 0.2) is 0 Å². The lowest BCUT2D eigenvalue weighted by molar-refractivity contribution is 0.216. The molecule has 6 heteroatoms. The van der Waals surface area contributed by atoms with E-state index in [2.05, 4.69) is 46.2 Å². The first-order chi connectivity index (χ1) is 11.2. The molecule has 2 heterocycles. The van der Waals surface area contributed by atoms with Gasteiger partial charge < -0.3 is 14.9 Å². The molecule has 0 saturated carbocycles. The number of aliphatic hydroxyl groups is 1. The van der Waals surface area contributed by atoms with Crippen LogP contribution < -0.4 is 4.90 Å². The van der Waals surface area contributed by atoms with Crippen LogP contribution in [0.2, 0.25) is 0 Å². The van der Waals surface area contributed by atoms with Crippen molar-refractivity contribution in [3.63, 3.8) is 0 Å². The molecule has 1 aromatic carbocycles. The van der Waals surface area contributed by atoms with E-state index in [9.17, 15) is 5.11 Å². The summed E-state index contributed by atoms with van der Waals surface area (Å²) in [7, 11) is 4.25.